The molecule has 0 aromatic carbocycles. The van der Waals surface area contributed by atoms with E-state index < -0.39 is 16.4 Å². The summed E-state index contributed by atoms with van der Waals surface area (Å²) in [5.74, 6) is 0.350. The maximum Gasteiger partial charge on any atom is 0.410 e. The van der Waals surface area contributed by atoms with E-state index in [2.05, 4.69) is 9.97 Å². The largest absolute Gasteiger partial charge is 0.444 e. The molecule has 2 atom stereocenters. The highest BCUT2D eigenvalue weighted by Gasteiger charge is 2.33. The molecule has 0 saturated carbocycles. The summed E-state index contributed by atoms with van der Waals surface area (Å²) in [5.41, 5.74) is -0.522. The van der Waals surface area contributed by atoms with Crippen LogP contribution >= 0.6 is 0 Å². The number of aromatic nitrogens is 2. The van der Waals surface area contributed by atoms with Gasteiger partial charge in [0.05, 0.1) is 16.6 Å². The van der Waals surface area contributed by atoms with Gasteiger partial charge in [0.25, 0.3) is 0 Å². The lowest BCUT2D eigenvalue weighted by Gasteiger charge is -2.28. The van der Waals surface area contributed by atoms with Crippen molar-refractivity contribution in [1.82, 2.24) is 14.9 Å². The lowest BCUT2D eigenvalue weighted by atomic mass is 10.2. The molecule has 1 saturated heterocycles. The summed E-state index contributed by atoms with van der Waals surface area (Å²) in [6, 6.07) is 1.60. The van der Waals surface area contributed by atoms with Crippen molar-refractivity contribution in [2.45, 2.75) is 50.4 Å². The fraction of sp³-hybridized carbons (Fsp3) is 0.643. The zero-order valence-corrected chi connectivity index (χ0v) is 13.4. The molecule has 0 radical (unpaired) electrons. The number of carbonyl (C=O) groups excluding carboxylic acids is 1. The fourth-order valence-electron chi connectivity index (χ4n) is 2.22. The number of amides is 1. The summed E-state index contributed by atoms with van der Waals surface area (Å²) in [7, 11) is -1.31. The van der Waals surface area contributed by atoms with Crippen molar-refractivity contribution in [3.8, 4) is 0 Å². The third kappa shape index (κ3) is 4.49. The van der Waals surface area contributed by atoms with Gasteiger partial charge in [-0.3, -0.25) is 4.21 Å². The summed E-state index contributed by atoms with van der Waals surface area (Å²) < 4.78 is 17.7. The number of hydrogen-bond donors (Lipinski definition) is 0. The molecule has 1 amide bonds. The first-order valence-electron chi connectivity index (χ1n) is 7.02. The van der Waals surface area contributed by atoms with Gasteiger partial charge in [0.2, 0.25) is 5.16 Å². The summed E-state index contributed by atoms with van der Waals surface area (Å²) in [5, 5.41) is 0.313. The Hall–Kier alpha value is -1.50. The van der Waals surface area contributed by atoms with E-state index in [1.807, 2.05) is 20.8 Å². The number of likely N-dealkylation sites (tertiary alicyclic amines) is 1. The molecule has 21 heavy (non-hydrogen) atoms. The average molecular weight is 311 g/mol. The van der Waals surface area contributed by atoms with Crippen LogP contribution in [0, 0.1) is 0 Å². The predicted molar refractivity (Wildman–Crippen MR) is 79.3 cm³/mol. The van der Waals surface area contributed by atoms with Crippen molar-refractivity contribution >= 4 is 16.9 Å². The first-order valence-corrected chi connectivity index (χ1v) is 8.34. The van der Waals surface area contributed by atoms with E-state index in [9.17, 15) is 9.00 Å². The van der Waals surface area contributed by atoms with Crippen LogP contribution in [-0.4, -0.2) is 49.1 Å². The van der Waals surface area contributed by atoms with Gasteiger partial charge < -0.3 is 9.64 Å². The molecule has 1 aromatic rings. The van der Waals surface area contributed by atoms with Gasteiger partial charge in [-0.1, -0.05) is 0 Å². The summed E-state index contributed by atoms with van der Waals surface area (Å²) in [6.45, 7) is 6.16. The SMILES string of the molecule is CC(C)(C)OC(=O)N1CCCC1CS(=O)c1ncccn1. The smallest absolute Gasteiger partial charge is 0.410 e. The molecule has 2 unspecified atom stereocenters. The third-order valence-corrected chi connectivity index (χ3v) is 4.40. The van der Waals surface area contributed by atoms with Crippen molar-refractivity contribution in [1.29, 1.82) is 0 Å². The second-order valence-electron chi connectivity index (χ2n) is 6.01. The Morgan fingerprint density at radius 1 is 1.43 bits per heavy atom. The molecular formula is C14H21N3O3S. The number of hydrogen-bond acceptors (Lipinski definition) is 5. The first-order chi connectivity index (χ1) is 9.87. The van der Waals surface area contributed by atoms with E-state index in [4.69, 9.17) is 4.74 Å². The van der Waals surface area contributed by atoms with Crippen molar-refractivity contribution in [2.75, 3.05) is 12.3 Å². The van der Waals surface area contributed by atoms with Crippen LogP contribution in [0.4, 0.5) is 4.79 Å². The van der Waals surface area contributed by atoms with Crippen LogP contribution in [-0.2, 0) is 15.5 Å². The molecule has 1 fully saturated rings. The number of carbonyl (C=O) groups is 1. The van der Waals surface area contributed by atoms with Crippen LogP contribution < -0.4 is 0 Å². The minimum Gasteiger partial charge on any atom is -0.444 e. The first kappa shape index (κ1) is 15.9. The van der Waals surface area contributed by atoms with E-state index in [0.717, 1.165) is 12.8 Å². The molecule has 6 nitrogen and oxygen atoms in total. The minimum atomic E-state index is -1.31. The Morgan fingerprint density at radius 3 is 2.71 bits per heavy atom. The molecule has 0 bridgehead atoms. The summed E-state index contributed by atoms with van der Waals surface area (Å²) in [4.78, 5) is 21.8. The Kier molecular flexibility index (Phi) is 4.92. The number of nitrogens with zero attached hydrogens (tertiary/aromatic N) is 3. The number of ether oxygens (including phenoxy) is 1. The molecule has 0 spiro atoms. The molecule has 1 aliphatic rings. The zero-order valence-electron chi connectivity index (χ0n) is 12.6. The van der Waals surface area contributed by atoms with Gasteiger partial charge in [0.1, 0.15) is 5.60 Å². The van der Waals surface area contributed by atoms with E-state index >= 15 is 0 Å². The van der Waals surface area contributed by atoms with E-state index in [1.54, 1.807) is 23.4 Å². The lowest BCUT2D eigenvalue weighted by Crippen LogP contribution is -2.42. The van der Waals surface area contributed by atoms with Crippen molar-refractivity contribution in [3.05, 3.63) is 18.5 Å². The van der Waals surface area contributed by atoms with Gasteiger partial charge in [-0.2, -0.15) is 0 Å². The van der Waals surface area contributed by atoms with Crippen molar-refractivity contribution < 1.29 is 13.7 Å². The molecule has 2 heterocycles. The van der Waals surface area contributed by atoms with Crippen molar-refractivity contribution in [2.24, 2.45) is 0 Å². The van der Waals surface area contributed by atoms with Crippen LogP contribution in [0.5, 0.6) is 0 Å². The van der Waals surface area contributed by atoms with Crippen LogP contribution in [0.2, 0.25) is 0 Å². The van der Waals surface area contributed by atoms with Gasteiger partial charge >= 0.3 is 6.09 Å². The second-order valence-corrected chi connectivity index (χ2v) is 7.40. The van der Waals surface area contributed by atoms with Crippen LogP contribution in [0.1, 0.15) is 33.6 Å². The number of rotatable bonds is 3. The standard InChI is InChI=1S/C14H21N3O3S/c1-14(2,3)20-13(18)17-9-4-6-11(17)10-21(19)12-15-7-5-8-16-12/h5,7-8,11H,4,6,9-10H2,1-3H3. The molecule has 1 aliphatic heterocycles. The highest BCUT2D eigenvalue weighted by Crippen LogP contribution is 2.22. The summed E-state index contributed by atoms with van der Waals surface area (Å²) in [6.07, 6.45) is 4.53. The predicted octanol–water partition coefficient (Wildman–Crippen LogP) is 1.98. The van der Waals surface area contributed by atoms with Crippen LogP contribution in [0.15, 0.2) is 23.6 Å². The molecule has 0 aliphatic carbocycles. The van der Waals surface area contributed by atoms with Gasteiger partial charge in [-0.15, -0.1) is 0 Å². The minimum absolute atomic E-state index is 0.0792. The van der Waals surface area contributed by atoms with Gasteiger partial charge in [0, 0.05) is 25.0 Å². The van der Waals surface area contributed by atoms with Crippen LogP contribution in [0.3, 0.4) is 0 Å². The Morgan fingerprint density at radius 2 is 2.10 bits per heavy atom. The van der Waals surface area contributed by atoms with Gasteiger partial charge in [-0.05, 0) is 39.7 Å². The molecule has 116 valence electrons. The molecule has 1 aromatic heterocycles. The zero-order chi connectivity index (χ0) is 15.5. The normalized spacial score (nSPS) is 20.3. The highest BCUT2D eigenvalue weighted by molar-refractivity contribution is 7.84. The molecule has 7 heteroatoms. The van der Waals surface area contributed by atoms with Crippen LogP contribution in [0.25, 0.3) is 0 Å². The maximum absolute atomic E-state index is 12.3. The van der Waals surface area contributed by atoms with E-state index in [1.165, 1.54) is 0 Å². The fourth-order valence-corrected chi connectivity index (χ4v) is 3.42. The van der Waals surface area contributed by atoms with Crippen molar-refractivity contribution in [3.63, 3.8) is 0 Å². The Bertz CT molecular complexity index is 516. The monoisotopic (exact) mass is 311 g/mol. The Balaban J connectivity index is 1.99. The lowest BCUT2D eigenvalue weighted by molar-refractivity contribution is 0.0241. The second kappa shape index (κ2) is 6.51. The average Bonchev–Trinajstić information content (AvgIpc) is 2.86. The summed E-state index contributed by atoms with van der Waals surface area (Å²) >= 11 is 0. The molecule has 2 rings (SSSR count). The highest BCUT2D eigenvalue weighted by atomic mass is 32.2. The van der Waals surface area contributed by atoms with Gasteiger partial charge in [-0.25, -0.2) is 14.8 Å². The quantitative estimate of drug-likeness (QED) is 0.798. The Labute approximate surface area is 127 Å². The third-order valence-electron chi connectivity index (χ3n) is 3.09. The molecule has 0 N–H and O–H groups in total. The maximum atomic E-state index is 12.3. The van der Waals surface area contributed by atoms with E-state index in [0.29, 0.717) is 17.5 Å². The van der Waals surface area contributed by atoms with E-state index in [-0.39, 0.29) is 12.1 Å². The topological polar surface area (TPSA) is 72.4 Å². The molecular weight excluding hydrogens is 290 g/mol. The van der Waals surface area contributed by atoms with Gasteiger partial charge in [0.15, 0.2) is 0 Å².